The van der Waals surface area contributed by atoms with E-state index in [0.29, 0.717) is 0 Å². The van der Waals surface area contributed by atoms with Crippen LogP contribution in [-0.2, 0) is 10.7 Å². The van der Waals surface area contributed by atoms with Gasteiger partial charge in [-0.3, -0.25) is 0 Å². The Balaban J connectivity index is 3.15. The van der Waals surface area contributed by atoms with Gasteiger partial charge in [-0.05, 0) is 20.8 Å². The molecule has 1 rings (SSSR count). The Bertz CT molecular complexity index is 516. The van der Waals surface area contributed by atoms with Gasteiger partial charge in [0.1, 0.15) is 5.60 Å². The van der Waals surface area contributed by atoms with E-state index in [1.165, 1.54) is 20.8 Å². The highest BCUT2D eigenvalue weighted by atomic mass is 19.4. The number of rotatable bonds is 1. The number of nitrogen functional groups attached to an aromatic ring is 1. The second-order valence-electron chi connectivity index (χ2n) is 4.93. The summed E-state index contributed by atoms with van der Waals surface area (Å²) in [5.74, 6) is -6.31. The van der Waals surface area contributed by atoms with E-state index in [4.69, 9.17) is 10.5 Å². The average Bonchev–Trinajstić information content (AvgIpc) is 2.56. The molecule has 0 radical (unpaired) electrons. The van der Waals surface area contributed by atoms with Crippen LogP contribution in [0.4, 0.5) is 32.6 Å². The molecule has 0 saturated carbocycles. The molecule has 0 saturated heterocycles. The molecule has 0 atom stereocenters. The molecule has 1 aromatic heterocycles. The lowest BCUT2D eigenvalue weighted by Crippen LogP contribution is -2.34. The molecule has 0 spiro atoms. The first-order valence-corrected chi connectivity index (χ1v) is 5.29. The van der Waals surface area contributed by atoms with E-state index in [1.807, 2.05) is 0 Å². The molecule has 0 aliphatic rings. The van der Waals surface area contributed by atoms with Crippen molar-refractivity contribution < 1.29 is 31.5 Å². The molecular formula is C10H12F5N3O2. The first-order valence-electron chi connectivity index (χ1n) is 5.29. The molecule has 0 aromatic carbocycles. The Kier molecular flexibility index (Phi) is 3.72. The van der Waals surface area contributed by atoms with E-state index in [2.05, 4.69) is 5.10 Å². The number of aromatic nitrogens is 2. The highest BCUT2D eigenvalue weighted by Gasteiger charge is 2.60. The monoisotopic (exact) mass is 301 g/mol. The highest BCUT2D eigenvalue weighted by Crippen LogP contribution is 2.45. The van der Waals surface area contributed by atoms with Gasteiger partial charge in [0.15, 0.2) is 5.82 Å². The zero-order valence-electron chi connectivity index (χ0n) is 10.8. The third-order valence-electron chi connectivity index (χ3n) is 2.02. The standard InChI is InChI=1S/C10H12F5N3O2/c1-8(2,3)20-7(19)18-4-5(6(16)17-18)9(11,12)10(13,14)15/h4H,1-3H3,(H2,16,17). The molecule has 0 fully saturated rings. The topological polar surface area (TPSA) is 70.1 Å². The first-order chi connectivity index (χ1) is 8.75. The summed E-state index contributed by atoms with van der Waals surface area (Å²) in [7, 11) is 0. The Labute approximate surface area is 110 Å². The molecule has 0 aliphatic carbocycles. The summed E-state index contributed by atoms with van der Waals surface area (Å²) in [6, 6.07) is 0. The minimum atomic E-state index is -5.84. The van der Waals surface area contributed by atoms with Crippen LogP contribution in [0.1, 0.15) is 26.3 Å². The van der Waals surface area contributed by atoms with Gasteiger partial charge in [0.2, 0.25) is 0 Å². The van der Waals surface area contributed by atoms with E-state index in [0.717, 1.165) is 0 Å². The second-order valence-corrected chi connectivity index (χ2v) is 4.93. The van der Waals surface area contributed by atoms with Gasteiger partial charge < -0.3 is 10.5 Å². The summed E-state index contributed by atoms with van der Waals surface area (Å²) >= 11 is 0. The third kappa shape index (κ3) is 3.17. The van der Waals surface area contributed by atoms with E-state index in [9.17, 15) is 26.7 Å². The number of nitrogens with zero attached hydrogens (tertiary/aromatic N) is 2. The Morgan fingerprint density at radius 1 is 1.25 bits per heavy atom. The smallest absolute Gasteiger partial charge is 0.442 e. The maximum Gasteiger partial charge on any atom is 0.458 e. The number of anilines is 1. The number of carbonyl (C=O) groups excluding carboxylic acids is 1. The van der Waals surface area contributed by atoms with E-state index < -0.39 is 35.2 Å². The van der Waals surface area contributed by atoms with Gasteiger partial charge in [0, 0.05) is 6.20 Å². The number of carbonyl (C=O) groups is 1. The Morgan fingerprint density at radius 3 is 2.15 bits per heavy atom. The first kappa shape index (κ1) is 16.2. The van der Waals surface area contributed by atoms with Crippen LogP contribution in [0.15, 0.2) is 6.20 Å². The molecule has 2 N–H and O–H groups in total. The number of alkyl halides is 5. The number of halogens is 5. The predicted molar refractivity (Wildman–Crippen MR) is 58.2 cm³/mol. The molecule has 0 bridgehead atoms. The zero-order valence-corrected chi connectivity index (χ0v) is 10.8. The van der Waals surface area contributed by atoms with E-state index in [1.54, 1.807) is 0 Å². The fraction of sp³-hybridized carbons (Fsp3) is 0.600. The van der Waals surface area contributed by atoms with Crippen LogP contribution in [0.5, 0.6) is 0 Å². The lowest BCUT2D eigenvalue weighted by Gasteiger charge is -2.19. The number of hydrogen-bond donors (Lipinski definition) is 1. The van der Waals surface area contributed by atoms with Crippen LogP contribution in [0.3, 0.4) is 0 Å². The minimum absolute atomic E-state index is 0.204. The fourth-order valence-electron chi connectivity index (χ4n) is 1.18. The van der Waals surface area contributed by atoms with Gasteiger partial charge in [-0.15, -0.1) is 5.10 Å². The Hall–Kier alpha value is -1.87. The number of ether oxygens (including phenoxy) is 1. The Morgan fingerprint density at radius 2 is 1.75 bits per heavy atom. The van der Waals surface area contributed by atoms with Gasteiger partial charge in [0.25, 0.3) is 0 Å². The summed E-state index contributed by atoms with van der Waals surface area (Å²) < 4.78 is 67.9. The highest BCUT2D eigenvalue weighted by molar-refractivity contribution is 5.71. The molecule has 5 nitrogen and oxygen atoms in total. The number of hydrogen-bond acceptors (Lipinski definition) is 4. The summed E-state index contributed by atoms with van der Waals surface area (Å²) in [5, 5.41) is 3.11. The van der Waals surface area contributed by atoms with Gasteiger partial charge >= 0.3 is 18.2 Å². The van der Waals surface area contributed by atoms with E-state index >= 15 is 0 Å². The maximum absolute atomic E-state index is 13.1. The molecule has 0 amide bonds. The van der Waals surface area contributed by atoms with Crippen molar-refractivity contribution in [2.45, 2.75) is 38.5 Å². The molecule has 0 unspecified atom stereocenters. The summed E-state index contributed by atoms with van der Waals surface area (Å²) in [6.07, 6.45) is -6.85. The zero-order chi connectivity index (χ0) is 15.9. The summed E-state index contributed by atoms with van der Waals surface area (Å²) in [6.45, 7) is 4.47. The fourth-order valence-corrected chi connectivity index (χ4v) is 1.18. The SMILES string of the molecule is CC(C)(C)OC(=O)n1cc(C(F)(F)C(F)(F)F)c(N)n1. The average molecular weight is 301 g/mol. The van der Waals surface area contributed by atoms with Crippen molar-refractivity contribution in [1.29, 1.82) is 0 Å². The van der Waals surface area contributed by atoms with Gasteiger partial charge in [-0.2, -0.15) is 26.6 Å². The minimum Gasteiger partial charge on any atom is -0.442 e. The summed E-state index contributed by atoms with van der Waals surface area (Å²) in [5.41, 5.74) is 2.44. The summed E-state index contributed by atoms with van der Waals surface area (Å²) in [4.78, 5) is 11.5. The van der Waals surface area contributed by atoms with Crippen LogP contribution < -0.4 is 5.73 Å². The van der Waals surface area contributed by atoms with Crippen molar-refractivity contribution in [1.82, 2.24) is 9.78 Å². The van der Waals surface area contributed by atoms with Crippen molar-refractivity contribution in [3.05, 3.63) is 11.8 Å². The van der Waals surface area contributed by atoms with Crippen LogP contribution in [-0.4, -0.2) is 27.7 Å². The molecule has 114 valence electrons. The van der Waals surface area contributed by atoms with Crippen molar-refractivity contribution in [2.24, 2.45) is 0 Å². The van der Waals surface area contributed by atoms with Crippen molar-refractivity contribution in [2.75, 3.05) is 5.73 Å². The molecule has 0 aliphatic heterocycles. The number of nitrogens with two attached hydrogens (primary N) is 1. The van der Waals surface area contributed by atoms with Crippen molar-refractivity contribution in [3.63, 3.8) is 0 Å². The van der Waals surface area contributed by atoms with Crippen LogP contribution in [0, 0.1) is 0 Å². The lowest BCUT2D eigenvalue weighted by molar-refractivity contribution is -0.289. The van der Waals surface area contributed by atoms with E-state index in [-0.39, 0.29) is 10.9 Å². The largest absolute Gasteiger partial charge is 0.458 e. The van der Waals surface area contributed by atoms with Crippen LogP contribution in [0.2, 0.25) is 0 Å². The van der Waals surface area contributed by atoms with Crippen LogP contribution >= 0.6 is 0 Å². The maximum atomic E-state index is 13.1. The molecule has 10 heteroatoms. The van der Waals surface area contributed by atoms with Gasteiger partial charge in [-0.1, -0.05) is 0 Å². The predicted octanol–water partition coefficient (Wildman–Crippen LogP) is 2.90. The normalized spacial score (nSPS) is 13.4. The molecule has 1 aromatic rings. The molecule has 1 heterocycles. The lowest BCUT2D eigenvalue weighted by atomic mass is 10.1. The van der Waals surface area contributed by atoms with Crippen molar-refractivity contribution >= 4 is 11.9 Å². The molecular weight excluding hydrogens is 289 g/mol. The second kappa shape index (κ2) is 4.60. The van der Waals surface area contributed by atoms with Crippen molar-refractivity contribution in [3.8, 4) is 0 Å². The van der Waals surface area contributed by atoms with Gasteiger partial charge in [-0.25, -0.2) is 4.79 Å². The quantitative estimate of drug-likeness (QED) is 0.810. The van der Waals surface area contributed by atoms with Crippen LogP contribution in [0.25, 0.3) is 0 Å². The molecule has 20 heavy (non-hydrogen) atoms. The third-order valence-corrected chi connectivity index (χ3v) is 2.02. The van der Waals surface area contributed by atoms with Gasteiger partial charge in [0.05, 0.1) is 5.56 Å².